The molecular formula is C63H91B2Br4Cs2N7O24. The van der Waals surface area contributed by atoms with Crippen LogP contribution in [0.15, 0.2) is 87.5 Å². The van der Waals surface area contributed by atoms with Crippen molar-refractivity contribution in [1.29, 1.82) is 5.26 Å². The van der Waals surface area contributed by atoms with Crippen molar-refractivity contribution in [3.05, 3.63) is 110 Å². The van der Waals surface area contributed by atoms with Crippen LogP contribution in [0.3, 0.4) is 0 Å². The average molecular weight is 1940 g/mol. The van der Waals surface area contributed by atoms with Crippen LogP contribution in [0.25, 0.3) is 11.1 Å². The number of carbonyl (C=O) groups excluding carboxylic acids is 1. The van der Waals surface area contributed by atoms with Crippen LogP contribution < -0.4 is 211 Å². The van der Waals surface area contributed by atoms with Crippen LogP contribution in [0, 0.1) is 11.3 Å². The molecule has 0 radical (unpaired) electrons. The zero-order valence-electron chi connectivity index (χ0n) is 62.6. The van der Waals surface area contributed by atoms with Crippen LogP contribution in [-0.2, 0) is 14.5 Å². The number of carboxylic acid groups (broad SMARTS) is 1. The number of rotatable bonds is 19. The first kappa shape index (κ1) is 111. The summed E-state index contributed by atoms with van der Waals surface area (Å²) < 4.78 is 62.6. The van der Waals surface area contributed by atoms with E-state index in [2.05, 4.69) is 118 Å². The molecule has 0 aliphatic heterocycles. The summed E-state index contributed by atoms with van der Waals surface area (Å²) in [7, 11) is 15.1. The molecule has 0 aliphatic carbocycles. The molecule has 0 aliphatic rings. The van der Waals surface area contributed by atoms with E-state index in [9.17, 15) is 25.2 Å². The molecule has 6 heterocycles. The minimum absolute atomic E-state index is 0. The fraction of sp³-hybridized carbons (Fsp3) is 0.381. The van der Waals surface area contributed by atoms with Gasteiger partial charge in [-0.05, 0) is 123 Å². The van der Waals surface area contributed by atoms with Gasteiger partial charge in [-0.3, -0.25) is 20.1 Å². The minimum Gasteiger partial charge on any atom is -1.00 e. The van der Waals surface area contributed by atoms with Crippen LogP contribution in [0.1, 0.15) is 98.4 Å². The number of hydrogen-bond acceptors (Lipinski definition) is 30. The molecule has 31 nitrogen and oxygen atoms in total. The topological polar surface area (TPSA) is 440 Å². The Balaban J connectivity index is -0.000000167. The van der Waals surface area contributed by atoms with Gasteiger partial charge in [0.15, 0.2) is 34.5 Å². The van der Waals surface area contributed by atoms with Gasteiger partial charge in [-0.2, -0.15) is 5.26 Å². The number of allylic oxidation sites excluding steroid dienone is 3. The quantitative estimate of drug-likeness (QED) is 0.0110. The van der Waals surface area contributed by atoms with E-state index in [1.165, 1.54) is 66.4 Å². The number of hydrogen-bond donors (Lipinski definition) is 8. The van der Waals surface area contributed by atoms with Gasteiger partial charge < -0.3 is 98.7 Å². The second-order valence-corrected chi connectivity index (χ2v) is 22.0. The zero-order valence-corrected chi connectivity index (χ0v) is 80.5. The summed E-state index contributed by atoms with van der Waals surface area (Å²) in [5, 5.41) is 82.4. The fourth-order valence-electron chi connectivity index (χ4n) is 6.45. The summed E-state index contributed by atoms with van der Waals surface area (Å²) in [6.45, 7) is 27.3. The van der Waals surface area contributed by atoms with Crippen molar-refractivity contribution in [2.45, 2.75) is 74.1 Å². The molecule has 558 valence electrons. The Labute approximate surface area is 750 Å². The molecule has 0 saturated heterocycles. The van der Waals surface area contributed by atoms with Crippen molar-refractivity contribution in [2.24, 2.45) is 0 Å². The number of alkyl halides is 1. The Morgan fingerprint density at radius 3 is 1.17 bits per heavy atom. The van der Waals surface area contributed by atoms with Gasteiger partial charge in [0.1, 0.15) is 10.4 Å². The third kappa shape index (κ3) is 46.0. The average Bonchev–Trinajstić information content (AvgIpc) is 0.828. The van der Waals surface area contributed by atoms with Crippen LogP contribution in [0.4, 0.5) is 0 Å². The summed E-state index contributed by atoms with van der Waals surface area (Å²) in [6, 6.07) is 13.6. The number of carbonyl (C=O) groups is 2. The van der Waals surface area contributed by atoms with Gasteiger partial charge in [-0.1, -0.05) is 62.4 Å². The largest absolute Gasteiger partial charge is 1.00 e. The van der Waals surface area contributed by atoms with E-state index in [4.69, 9.17) is 92.6 Å². The molecule has 6 rings (SSSR count). The molecule has 0 spiro atoms. The van der Waals surface area contributed by atoms with E-state index in [1.807, 2.05) is 60.6 Å². The molecule has 0 amide bonds. The Morgan fingerprint density at radius 2 is 0.863 bits per heavy atom. The van der Waals surface area contributed by atoms with Gasteiger partial charge >= 0.3 is 152 Å². The number of halogens is 4. The summed E-state index contributed by atoms with van der Waals surface area (Å²) in [6.07, 6.45) is 1.65. The first-order valence-corrected chi connectivity index (χ1v) is 31.6. The number of carboxylic acids is 1. The standard InChI is InChI=1S/C10H16BNO4.C10H14BNO4.C10H12BrNO2.C10H15NO3.C7H7Br2NO2.C7H9NO2.C4H8.C2H2BrN.C2H4O2.CH2O3.2Cs.H2O2.H/c2*1-6(2)9-7(11(13)14)5-8(15-3)10(12-9)16-4;1-6(2)9-7(11)5-8(13-3)10(12-9)14-4;1-6(2)9-7(12)5-8(13-3)10(11-9)14-4;1-11-5-3-4(8)6(9)10-7(5)12-2;1-9-6-4-3-5-8-7(6)10-2;1-4(2)3;3-1-2-4;1-2(3)4;2-1-4-3;;;1-2;/h5-6,13-14H,1-4H3;5,13-14H,1H2,2-4H3;5H,1H2,2-4H3;5-6,12H,1-4H3;3H,1-2H3;3-5H,1-2H3;1H2,2-3H3;1H2;1H3,(H,3,4);1,3H;;;1-2H;/q;;;;;;;;;;2*+1;;-1/p-1. The predicted octanol–water partition coefficient (Wildman–Crippen LogP) is 3.41. The minimum atomic E-state index is -1.63. The van der Waals surface area contributed by atoms with E-state index < -0.39 is 20.2 Å². The summed E-state index contributed by atoms with van der Waals surface area (Å²) in [5.74, 6) is 5.02. The van der Waals surface area contributed by atoms with Gasteiger partial charge in [-0.25, -0.2) is 29.9 Å². The Kier molecular flexibility index (Phi) is 72.2. The summed E-state index contributed by atoms with van der Waals surface area (Å²) >= 11 is 12.8. The number of pyridine rings is 6. The molecular weight excluding hydrogens is 1850 g/mol. The maximum atomic E-state index is 9.61. The number of aliphatic carboxylic acids is 1. The molecule has 0 atom stereocenters. The number of ether oxygens (including phenoxy) is 12. The number of methoxy groups -OCH3 is 12. The monoisotopic (exact) mass is 1930 g/mol. The van der Waals surface area contributed by atoms with Crippen molar-refractivity contribution >= 4 is 112 Å². The molecule has 0 bridgehead atoms. The third-order valence-corrected chi connectivity index (χ3v) is 13.1. The van der Waals surface area contributed by atoms with E-state index in [0.717, 1.165) is 27.1 Å². The summed E-state index contributed by atoms with van der Waals surface area (Å²) in [5.41, 5.74) is 5.62. The molecule has 0 fully saturated rings. The van der Waals surface area contributed by atoms with E-state index >= 15 is 0 Å². The molecule has 6 aromatic rings. The maximum Gasteiger partial charge on any atom is 1.00 e. The second-order valence-electron chi connectivity index (χ2n) is 19.0. The molecule has 0 saturated carbocycles. The van der Waals surface area contributed by atoms with Gasteiger partial charge in [0.25, 0.3) is 47.7 Å². The third-order valence-electron chi connectivity index (χ3n) is 10.5. The maximum absolute atomic E-state index is 9.61. The van der Waals surface area contributed by atoms with Gasteiger partial charge in [0, 0.05) is 52.4 Å². The normalized spacial score (nSPS) is 8.91. The zero-order chi connectivity index (χ0) is 78.5. The first-order valence-electron chi connectivity index (χ1n) is 28.1. The number of aromatic nitrogens is 6. The molecule has 8 N–H and O–H groups in total. The number of nitriles is 1. The summed E-state index contributed by atoms with van der Waals surface area (Å²) in [4.78, 5) is 45.0. The number of nitrogens with zero attached hydrogens (tertiary/aromatic N) is 7. The molecule has 39 heteroatoms. The van der Waals surface area contributed by atoms with E-state index in [1.54, 1.807) is 74.0 Å². The Hall–Kier alpha value is -4.18. The van der Waals surface area contributed by atoms with Gasteiger partial charge in [0.2, 0.25) is 0 Å². The van der Waals surface area contributed by atoms with Crippen LogP contribution in [0.2, 0.25) is 0 Å². The van der Waals surface area contributed by atoms with Crippen molar-refractivity contribution in [1.82, 2.24) is 29.9 Å². The number of aromatic hydroxyl groups is 1. The molecule has 0 aromatic carbocycles. The molecule has 0 unspecified atom stereocenters. The van der Waals surface area contributed by atoms with Gasteiger partial charge in [0.05, 0.1) is 118 Å². The predicted molar refractivity (Wildman–Crippen MR) is 393 cm³/mol. The van der Waals surface area contributed by atoms with E-state index in [-0.39, 0.29) is 175 Å². The van der Waals surface area contributed by atoms with Crippen LogP contribution >= 0.6 is 63.7 Å². The van der Waals surface area contributed by atoms with Crippen molar-refractivity contribution in [2.75, 3.05) is 90.6 Å². The molecule has 6 aromatic heterocycles. The first-order chi connectivity index (χ1) is 47.1. The van der Waals surface area contributed by atoms with Gasteiger partial charge in [-0.15, -0.1) is 6.58 Å². The fourth-order valence-corrected chi connectivity index (χ4v) is 7.66. The SMILES string of the molecule is C=C(C)C.C=C(C)c1nc(OC)c(OC)cc1B(O)O.C=C(C)c1nc(OC)c(OC)cc1Br.CC(=O)O.COc1cc(B(O)O)c(C(C)C)nc1OC.COc1cc(Br)c(Br)nc1OC.COc1cc(O)c(C(C)C)nc1OC.COc1cccnc1OC.N#CCBr.O=CO[O-].OO.[Cs+].[Cs+].[H-]. The second kappa shape index (κ2) is 66.3. The van der Waals surface area contributed by atoms with Crippen molar-refractivity contribution < 1.29 is 257 Å². The Bertz CT molecular complexity index is 3330. The Morgan fingerprint density at radius 1 is 0.559 bits per heavy atom. The van der Waals surface area contributed by atoms with Crippen LogP contribution in [-0.4, -0.2) is 188 Å². The van der Waals surface area contributed by atoms with Crippen LogP contribution in [0.5, 0.6) is 75.5 Å². The van der Waals surface area contributed by atoms with E-state index in [0.29, 0.717) is 102 Å². The smallest absolute Gasteiger partial charge is 1.00 e. The van der Waals surface area contributed by atoms with Crippen molar-refractivity contribution in [3.63, 3.8) is 0 Å². The molecule has 102 heavy (non-hydrogen) atoms. The van der Waals surface area contributed by atoms with Crippen molar-refractivity contribution in [3.8, 4) is 81.6 Å².